The van der Waals surface area contributed by atoms with Gasteiger partial charge < -0.3 is 19.9 Å². The molecule has 2 aromatic carbocycles. The van der Waals surface area contributed by atoms with Crippen LogP contribution in [-0.4, -0.2) is 47.5 Å². The number of amides is 1. The molecule has 0 bridgehead atoms. The van der Waals surface area contributed by atoms with Crippen molar-refractivity contribution in [2.75, 3.05) is 20.8 Å². The summed E-state index contributed by atoms with van der Waals surface area (Å²) in [5, 5.41) is 15.6. The normalized spacial score (nSPS) is 10.5. The first kappa shape index (κ1) is 20.8. The maximum Gasteiger partial charge on any atom is 0.305 e. The average molecular weight is 413 g/mol. The molecule has 3 aromatic rings. The Morgan fingerprint density at radius 1 is 1.10 bits per heavy atom. The van der Waals surface area contributed by atoms with E-state index in [2.05, 4.69) is 10.4 Å². The van der Waals surface area contributed by atoms with E-state index in [4.69, 9.17) is 14.6 Å². The summed E-state index contributed by atoms with van der Waals surface area (Å²) in [6.45, 7) is -0.0368. The number of halogens is 1. The summed E-state index contributed by atoms with van der Waals surface area (Å²) in [4.78, 5) is 23.2. The van der Waals surface area contributed by atoms with E-state index in [1.54, 1.807) is 24.3 Å². The third-order valence-electron chi connectivity index (χ3n) is 4.32. The fourth-order valence-corrected chi connectivity index (χ4v) is 2.93. The van der Waals surface area contributed by atoms with Crippen molar-refractivity contribution in [3.05, 3.63) is 60.0 Å². The molecule has 30 heavy (non-hydrogen) atoms. The maximum absolute atomic E-state index is 13.4. The maximum atomic E-state index is 13.4. The van der Waals surface area contributed by atoms with Crippen LogP contribution in [0.3, 0.4) is 0 Å². The fraction of sp³-hybridized carbons (Fsp3) is 0.190. The zero-order chi connectivity index (χ0) is 21.7. The van der Waals surface area contributed by atoms with Crippen molar-refractivity contribution < 1.29 is 28.6 Å². The number of ether oxygens (including phenoxy) is 2. The van der Waals surface area contributed by atoms with Gasteiger partial charge in [-0.15, -0.1) is 0 Å². The van der Waals surface area contributed by atoms with Gasteiger partial charge in [-0.05, 0) is 42.5 Å². The zero-order valence-corrected chi connectivity index (χ0v) is 16.4. The Bertz CT molecular complexity index is 1040. The molecule has 156 valence electrons. The molecule has 2 N–H and O–H groups in total. The molecule has 0 unspecified atom stereocenters. The van der Waals surface area contributed by atoms with Gasteiger partial charge >= 0.3 is 5.97 Å². The molecule has 0 atom stereocenters. The number of rotatable bonds is 8. The minimum atomic E-state index is -1.02. The van der Waals surface area contributed by atoms with E-state index < -0.39 is 17.7 Å². The minimum Gasteiger partial charge on any atom is -0.496 e. The quantitative estimate of drug-likeness (QED) is 0.589. The lowest BCUT2D eigenvalue weighted by molar-refractivity contribution is -0.136. The molecule has 1 aromatic heterocycles. The van der Waals surface area contributed by atoms with Crippen LogP contribution >= 0.6 is 0 Å². The molecule has 0 fully saturated rings. The number of hydrogen-bond donors (Lipinski definition) is 2. The molecule has 0 radical (unpaired) electrons. The van der Waals surface area contributed by atoms with E-state index in [-0.39, 0.29) is 18.7 Å². The Labute approximate surface area is 171 Å². The SMILES string of the molecule is COc1cccc(OC)c1-c1cc(C(=O)NCCC(=O)O)nn1-c1ccc(F)cc1. The zero-order valence-electron chi connectivity index (χ0n) is 16.4. The van der Waals surface area contributed by atoms with Crippen molar-refractivity contribution in [3.8, 4) is 28.4 Å². The Balaban J connectivity index is 2.12. The monoisotopic (exact) mass is 413 g/mol. The van der Waals surface area contributed by atoms with Gasteiger partial charge in [-0.3, -0.25) is 9.59 Å². The second-order valence-electron chi connectivity index (χ2n) is 6.24. The molecule has 0 aliphatic heterocycles. The Morgan fingerprint density at radius 2 is 1.73 bits per heavy atom. The lowest BCUT2D eigenvalue weighted by atomic mass is 10.1. The Morgan fingerprint density at radius 3 is 2.30 bits per heavy atom. The van der Waals surface area contributed by atoms with Crippen LogP contribution in [0.4, 0.5) is 4.39 Å². The molecule has 1 heterocycles. The average Bonchev–Trinajstić information content (AvgIpc) is 3.18. The predicted octanol–water partition coefficient (Wildman–Crippen LogP) is 2.90. The molecule has 8 nitrogen and oxygen atoms in total. The summed E-state index contributed by atoms with van der Waals surface area (Å²) in [5.41, 5.74) is 1.62. The highest BCUT2D eigenvalue weighted by molar-refractivity contribution is 5.94. The first-order chi connectivity index (χ1) is 14.4. The van der Waals surface area contributed by atoms with Crippen LogP contribution in [0.15, 0.2) is 48.5 Å². The van der Waals surface area contributed by atoms with Gasteiger partial charge in [0.15, 0.2) is 5.69 Å². The summed E-state index contributed by atoms with van der Waals surface area (Å²) in [6, 6.07) is 12.4. The molecule has 0 saturated carbocycles. The van der Waals surface area contributed by atoms with Gasteiger partial charge in [-0.2, -0.15) is 5.10 Å². The highest BCUT2D eigenvalue weighted by Gasteiger charge is 2.22. The highest BCUT2D eigenvalue weighted by Crippen LogP contribution is 2.39. The first-order valence-electron chi connectivity index (χ1n) is 9.02. The molecule has 1 amide bonds. The van der Waals surface area contributed by atoms with E-state index in [0.717, 1.165) is 0 Å². The lowest BCUT2D eigenvalue weighted by Gasteiger charge is -2.14. The summed E-state index contributed by atoms with van der Waals surface area (Å²) in [5.74, 6) is -0.973. The largest absolute Gasteiger partial charge is 0.496 e. The van der Waals surface area contributed by atoms with Crippen LogP contribution in [0, 0.1) is 5.82 Å². The van der Waals surface area contributed by atoms with E-state index in [1.165, 1.54) is 43.2 Å². The van der Waals surface area contributed by atoms with Crippen LogP contribution in [0.5, 0.6) is 11.5 Å². The fourth-order valence-electron chi connectivity index (χ4n) is 2.93. The number of methoxy groups -OCH3 is 2. The lowest BCUT2D eigenvalue weighted by Crippen LogP contribution is -2.26. The van der Waals surface area contributed by atoms with Gasteiger partial charge in [0, 0.05) is 6.54 Å². The number of nitrogens with one attached hydrogen (secondary N) is 1. The number of nitrogens with zero attached hydrogens (tertiary/aromatic N) is 2. The highest BCUT2D eigenvalue weighted by atomic mass is 19.1. The number of benzene rings is 2. The first-order valence-corrected chi connectivity index (χ1v) is 9.02. The van der Waals surface area contributed by atoms with Gasteiger partial charge in [0.2, 0.25) is 0 Å². The Hall–Kier alpha value is -3.88. The number of aromatic nitrogens is 2. The van der Waals surface area contributed by atoms with Crippen molar-refractivity contribution in [1.82, 2.24) is 15.1 Å². The molecule has 0 spiro atoms. The van der Waals surface area contributed by atoms with Crippen LogP contribution in [0.2, 0.25) is 0 Å². The summed E-state index contributed by atoms with van der Waals surface area (Å²) < 4.78 is 25.8. The van der Waals surface area contributed by atoms with E-state index >= 15 is 0 Å². The molecular formula is C21H20FN3O5. The van der Waals surface area contributed by atoms with Gasteiger partial charge in [0.25, 0.3) is 5.91 Å². The molecule has 3 rings (SSSR count). The van der Waals surface area contributed by atoms with Crippen LogP contribution in [0.1, 0.15) is 16.9 Å². The molecule has 0 saturated heterocycles. The number of carboxylic acid groups (broad SMARTS) is 1. The summed E-state index contributed by atoms with van der Waals surface area (Å²) in [6.07, 6.45) is -0.211. The third-order valence-corrected chi connectivity index (χ3v) is 4.32. The van der Waals surface area contributed by atoms with Crippen molar-refractivity contribution in [1.29, 1.82) is 0 Å². The summed E-state index contributed by atoms with van der Waals surface area (Å²) >= 11 is 0. The topological polar surface area (TPSA) is 103 Å². The number of aliphatic carboxylic acids is 1. The number of carbonyl (C=O) groups is 2. The van der Waals surface area contributed by atoms with Crippen LogP contribution in [0.25, 0.3) is 16.9 Å². The number of carbonyl (C=O) groups excluding carboxylic acids is 1. The van der Waals surface area contributed by atoms with Crippen molar-refractivity contribution in [2.45, 2.75) is 6.42 Å². The van der Waals surface area contributed by atoms with Crippen molar-refractivity contribution in [3.63, 3.8) is 0 Å². The molecular weight excluding hydrogens is 393 g/mol. The van der Waals surface area contributed by atoms with Gasteiger partial charge in [0.1, 0.15) is 17.3 Å². The van der Waals surface area contributed by atoms with E-state index in [0.29, 0.717) is 28.4 Å². The molecule has 0 aliphatic carbocycles. The van der Waals surface area contributed by atoms with Gasteiger partial charge in [-0.25, -0.2) is 9.07 Å². The van der Waals surface area contributed by atoms with Crippen molar-refractivity contribution in [2.24, 2.45) is 0 Å². The van der Waals surface area contributed by atoms with Crippen molar-refractivity contribution >= 4 is 11.9 Å². The smallest absolute Gasteiger partial charge is 0.305 e. The molecule has 9 heteroatoms. The van der Waals surface area contributed by atoms with Crippen LogP contribution < -0.4 is 14.8 Å². The summed E-state index contributed by atoms with van der Waals surface area (Å²) in [7, 11) is 3.02. The standard InChI is InChI=1S/C21H20FN3O5/c1-29-17-4-3-5-18(30-2)20(17)16-12-15(21(28)23-11-10-19(26)27)24-25(16)14-8-6-13(22)7-9-14/h3-9,12H,10-11H2,1-2H3,(H,23,28)(H,26,27). The number of hydrogen-bond acceptors (Lipinski definition) is 5. The Kier molecular flexibility index (Phi) is 6.31. The molecule has 0 aliphatic rings. The van der Waals surface area contributed by atoms with Gasteiger partial charge in [-0.1, -0.05) is 6.07 Å². The minimum absolute atomic E-state index is 0.0368. The second-order valence-corrected chi connectivity index (χ2v) is 6.24. The second kappa shape index (κ2) is 9.08. The number of carboxylic acids is 1. The third kappa shape index (κ3) is 4.40. The van der Waals surface area contributed by atoms with E-state index in [9.17, 15) is 14.0 Å². The van der Waals surface area contributed by atoms with Gasteiger partial charge in [0.05, 0.1) is 37.6 Å². The van der Waals surface area contributed by atoms with E-state index in [1.807, 2.05) is 0 Å². The van der Waals surface area contributed by atoms with Crippen LogP contribution in [-0.2, 0) is 4.79 Å². The predicted molar refractivity (Wildman–Crippen MR) is 107 cm³/mol.